The monoisotopic (exact) mass is 358 g/mol. The largest absolute Gasteiger partial charge is 0.379 e. The molecule has 0 amide bonds. The van der Waals surface area contributed by atoms with Crippen LogP contribution in [-0.4, -0.2) is 74.8 Å². The lowest BCUT2D eigenvalue weighted by molar-refractivity contribution is 0.00742. The molecule has 1 aromatic rings. The Hall–Kier alpha value is -1.59. The van der Waals surface area contributed by atoms with Crippen molar-refractivity contribution in [2.45, 2.75) is 32.2 Å². The molecule has 2 heterocycles. The van der Waals surface area contributed by atoms with Crippen molar-refractivity contribution < 1.29 is 4.74 Å². The molecule has 144 valence electrons. The topological polar surface area (TPSA) is 40.1 Å². The maximum Gasteiger partial charge on any atom is 0.193 e. The van der Waals surface area contributed by atoms with Crippen molar-refractivity contribution in [1.29, 1.82) is 0 Å². The van der Waals surface area contributed by atoms with Gasteiger partial charge in [0.25, 0.3) is 0 Å². The van der Waals surface area contributed by atoms with E-state index in [0.717, 1.165) is 51.9 Å². The van der Waals surface area contributed by atoms with Gasteiger partial charge in [-0.1, -0.05) is 44.2 Å². The second-order valence-corrected chi connectivity index (χ2v) is 7.73. The number of hydrogen-bond donors (Lipinski definition) is 1. The minimum absolute atomic E-state index is 0.517. The molecular weight excluding hydrogens is 324 g/mol. The van der Waals surface area contributed by atoms with E-state index in [1.807, 2.05) is 7.05 Å². The SMILES string of the molecule is CN=C(NCC(C(C)C)N1CCOCC1)N1CCC(c2ccccc2)C1. The summed E-state index contributed by atoms with van der Waals surface area (Å²) in [6, 6.07) is 11.4. The van der Waals surface area contributed by atoms with Crippen LogP contribution in [0.2, 0.25) is 0 Å². The van der Waals surface area contributed by atoms with E-state index in [1.54, 1.807) is 0 Å². The lowest BCUT2D eigenvalue weighted by Crippen LogP contribution is -2.53. The zero-order chi connectivity index (χ0) is 18.4. The maximum atomic E-state index is 5.52. The fourth-order valence-corrected chi connectivity index (χ4v) is 4.17. The van der Waals surface area contributed by atoms with Crippen LogP contribution in [0.3, 0.4) is 0 Å². The quantitative estimate of drug-likeness (QED) is 0.648. The van der Waals surface area contributed by atoms with Crippen molar-refractivity contribution in [2.75, 3.05) is 53.0 Å². The van der Waals surface area contributed by atoms with Crippen LogP contribution in [0.25, 0.3) is 0 Å². The Morgan fingerprint density at radius 1 is 1.19 bits per heavy atom. The van der Waals surface area contributed by atoms with Gasteiger partial charge in [-0.3, -0.25) is 9.89 Å². The Balaban J connectivity index is 1.55. The molecule has 2 aliphatic rings. The molecule has 3 rings (SSSR count). The van der Waals surface area contributed by atoms with E-state index < -0.39 is 0 Å². The van der Waals surface area contributed by atoms with Crippen LogP contribution in [0.15, 0.2) is 35.3 Å². The highest BCUT2D eigenvalue weighted by atomic mass is 16.5. The second-order valence-electron chi connectivity index (χ2n) is 7.73. The van der Waals surface area contributed by atoms with E-state index in [9.17, 15) is 0 Å². The second kappa shape index (κ2) is 9.38. The van der Waals surface area contributed by atoms with Gasteiger partial charge in [0.15, 0.2) is 5.96 Å². The fourth-order valence-electron chi connectivity index (χ4n) is 4.17. The van der Waals surface area contributed by atoms with E-state index in [0.29, 0.717) is 17.9 Å². The number of nitrogens with zero attached hydrogens (tertiary/aromatic N) is 3. The van der Waals surface area contributed by atoms with Gasteiger partial charge in [-0.2, -0.15) is 0 Å². The predicted molar refractivity (Wildman–Crippen MR) is 108 cm³/mol. The zero-order valence-electron chi connectivity index (χ0n) is 16.5. The molecule has 0 saturated carbocycles. The van der Waals surface area contributed by atoms with Crippen molar-refractivity contribution in [3.05, 3.63) is 35.9 Å². The van der Waals surface area contributed by atoms with Gasteiger partial charge in [-0.15, -0.1) is 0 Å². The summed E-state index contributed by atoms with van der Waals surface area (Å²) in [5, 5.41) is 3.66. The number of rotatable bonds is 5. The van der Waals surface area contributed by atoms with Crippen molar-refractivity contribution in [3.8, 4) is 0 Å². The third kappa shape index (κ3) is 4.77. The molecule has 0 spiro atoms. The minimum atomic E-state index is 0.517. The van der Waals surface area contributed by atoms with Crippen molar-refractivity contribution >= 4 is 5.96 Å². The van der Waals surface area contributed by atoms with Crippen LogP contribution in [-0.2, 0) is 4.74 Å². The van der Waals surface area contributed by atoms with E-state index in [-0.39, 0.29) is 0 Å². The first-order chi connectivity index (χ1) is 12.7. The van der Waals surface area contributed by atoms with Crippen LogP contribution in [0.4, 0.5) is 0 Å². The molecule has 26 heavy (non-hydrogen) atoms. The molecular formula is C21H34N4O. The molecule has 1 N–H and O–H groups in total. The van der Waals surface area contributed by atoms with Crippen LogP contribution in [0, 0.1) is 5.92 Å². The lowest BCUT2D eigenvalue weighted by Gasteiger charge is -2.37. The van der Waals surface area contributed by atoms with Crippen molar-refractivity contribution in [2.24, 2.45) is 10.9 Å². The summed E-state index contributed by atoms with van der Waals surface area (Å²) in [6.45, 7) is 11.4. The molecule has 5 heteroatoms. The highest BCUT2D eigenvalue weighted by Gasteiger charge is 2.28. The van der Waals surface area contributed by atoms with Gasteiger partial charge < -0.3 is 15.0 Å². The van der Waals surface area contributed by atoms with Crippen LogP contribution < -0.4 is 5.32 Å². The maximum absolute atomic E-state index is 5.52. The van der Waals surface area contributed by atoms with E-state index in [4.69, 9.17) is 4.74 Å². The highest BCUT2D eigenvalue weighted by molar-refractivity contribution is 5.80. The Kier molecular flexibility index (Phi) is 6.92. The molecule has 1 aromatic carbocycles. The van der Waals surface area contributed by atoms with Crippen LogP contribution in [0.1, 0.15) is 31.7 Å². The van der Waals surface area contributed by atoms with E-state index in [2.05, 4.69) is 64.3 Å². The summed E-state index contributed by atoms with van der Waals surface area (Å²) in [5.41, 5.74) is 1.44. The Morgan fingerprint density at radius 3 is 2.58 bits per heavy atom. The zero-order valence-corrected chi connectivity index (χ0v) is 16.5. The molecule has 0 radical (unpaired) electrons. The predicted octanol–water partition coefficient (Wildman–Crippen LogP) is 2.41. The van der Waals surface area contributed by atoms with Gasteiger partial charge in [-0.05, 0) is 17.9 Å². The van der Waals surface area contributed by atoms with Gasteiger partial charge in [0.1, 0.15) is 0 Å². The third-order valence-corrected chi connectivity index (χ3v) is 5.72. The molecule has 2 aliphatic heterocycles. The highest BCUT2D eigenvalue weighted by Crippen LogP contribution is 2.26. The molecule has 2 saturated heterocycles. The Morgan fingerprint density at radius 2 is 1.92 bits per heavy atom. The van der Waals surface area contributed by atoms with Gasteiger partial charge in [0, 0.05) is 51.7 Å². The average molecular weight is 359 g/mol. The fraction of sp³-hybridized carbons (Fsp3) is 0.667. The Bertz CT molecular complexity index is 569. The summed E-state index contributed by atoms with van der Waals surface area (Å²) in [6.07, 6.45) is 1.20. The molecule has 0 aromatic heterocycles. The van der Waals surface area contributed by atoms with Crippen molar-refractivity contribution in [1.82, 2.24) is 15.1 Å². The molecule has 2 unspecified atom stereocenters. The van der Waals surface area contributed by atoms with Crippen LogP contribution >= 0.6 is 0 Å². The van der Waals surface area contributed by atoms with Crippen LogP contribution in [0.5, 0.6) is 0 Å². The number of nitrogens with one attached hydrogen (secondary N) is 1. The number of ether oxygens (including phenoxy) is 1. The first-order valence-electron chi connectivity index (χ1n) is 10.0. The molecule has 0 bridgehead atoms. The summed E-state index contributed by atoms with van der Waals surface area (Å²) in [5.74, 6) is 2.26. The Labute approximate surface area is 158 Å². The number of likely N-dealkylation sites (tertiary alicyclic amines) is 1. The third-order valence-electron chi connectivity index (χ3n) is 5.72. The average Bonchev–Trinajstić information content (AvgIpc) is 3.16. The number of aliphatic imine (C=N–C) groups is 1. The standard InChI is InChI=1S/C21H34N4O/c1-17(2)20(24-11-13-26-14-12-24)15-23-21(22-3)25-10-9-19(16-25)18-7-5-4-6-8-18/h4-8,17,19-20H,9-16H2,1-3H3,(H,22,23). The molecule has 5 nitrogen and oxygen atoms in total. The smallest absolute Gasteiger partial charge is 0.193 e. The summed E-state index contributed by atoms with van der Waals surface area (Å²) in [7, 11) is 1.90. The lowest BCUT2D eigenvalue weighted by atomic mass is 9.99. The molecule has 0 aliphatic carbocycles. The van der Waals surface area contributed by atoms with Gasteiger partial charge in [-0.25, -0.2) is 0 Å². The molecule has 2 fully saturated rings. The van der Waals surface area contributed by atoms with Gasteiger partial charge in [0.2, 0.25) is 0 Å². The number of guanidine groups is 1. The normalized spacial score (nSPS) is 23.5. The van der Waals surface area contributed by atoms with E-state index in [1.165, 1.54) is 12.0 Å². The van der Waals surface area contributed by atoms with Crippen molar-refractivity contribution in [3.63, 3.8) is 0 Å². The first-order valence-corrected chi connectivity index (χ1v) is 10.0. The number of benzene rings is 1. The summed E-state index contributed by atoms with van der Waals surface area (Å²) >= 11 is 0. The van der Waals surface area contributed by atoms with Gasteiger partial charge >= 0.3 is 0 Å². The number of morpholine rings is 1. The number of hydrogen-bond acceptors (Lipinski definition) is 3. The summed E-state index contributed by atoms with van der Waals surface area (Å²) < 4.78 is 5.52. The first kappa shape index (κ1) is 19.2. The minimum Gasteiger partial charge on any atom is -0.379 e. The van der Waals surface area contributed by atoms with Gasteiger partial charge in [0.05, 0.1) is 13.2 Å². The van der Waals surface area contributed by atoms with E-state index >= 15 is 0 Å². The summed E-state index contributed by atoms with van der Waals surface area (Å²) in [4.78, 5) is 9.53. The molecule has 2 atom stereocenters.